The zero-order valence-electron chi connectivity index (χ0n) is 13.1. The van der Waals surface area contributed by atoms with Crippen LogP contribution in [0.2, 0.25) is 0 Å². The van der Waals surface area contributed by atoms with Crippen LogP contribution in [0.25, 0.3) is 0 Å². The predicted octanol–water partition coefficient (Wildman–Crippen LogP) is 3.29. The fourth-order valence-corrected chi connectivity index (χ4v) is 3.57. The number of sulfonamides is 1. The highest BCUT2D eigenvalue weighted by molar-refractivity contribution is 9.10. The summed E-state index contributed by atoms with van der Waals surface area (Å²) in [5, 5.41) is 0. The Labute approximate surface area is 145 Å². The molecule has 124 valence electrons. The number of nitrogens with zero attached hydrogens (tertiary/aromatic N) is 1. The molecule has 2 aromatic carbocycles. The van der Waals surface area contributed by atoms with Crippen molar-refractivity contribution < 1.29 is 17.9 Å². The number of para-hydroxylation sites is 1. The molecular formula is C16H18BrNO4S. The first-order chi connectivity index (χ1) is 10.9. The summed E-state index contributed by atoms with van der Waals surface area (Å²) in [5.41, 5.74) is 0.912. The van der Waals surface area contributed by atoms with Crippen molar-refractivity contribution in [3.8, 4) is 11.5 Å². The van der Waals surface area contributed by atoms with Crippen LogP contribution in [0.1, 0.15) is 5.56 Å². The van der Waals surface area contributed by atoms with Crippen LogP contribution >= 0.6 is 15.9 Å². The highest BCUT2D eigenvalue weighted by Crippen LogP contribution is 2.34. The fraction of sp³-hybridized carbons (Fsp3) is 0.250. The van der Waals surface area contributed by atoms with Crippen LogP contribution in [0.3, 0.4) is 0 Å². The Kier molecular flexibility index (Phi) is 5.67. The molecule has 0 N–H and O–H groups in total. The van der Waals surface area contributed by atoms with Crippen LogP contribution in [0.15, 0.2) is 51.8 Å². The summed E-state index contributed by atoms with van der Waals surface area (Å²) in [6.45, 7) is 0.253. The lowest BCUT2D eigenvalue weighted by Gasteiger charge is -2.17. The largest absolute Gasteiger partial charge is 0.497 e. The molecule has 7 heteroatoms. The molecule has 0 bridgehead atoms. The van der Waals surface area contributed by atoms with Crippen molar-refractivity contribution in [3.05, 3.63) is 52.5 Å². The topological polar surface area (TPSA) is 55.8 Å². The van der Waals surface area contributed by atoms with E-state index in [2.05, 4.69) is 15.9 Å². The Morgan fingerprint density at radius 1 is 1.09 bits per heavy atom. The van der Waals surface area contributed by atoms with Gasteiger partial charge in [-0.2, -0.15) is 0 Å². The van der Waals surface area contributed by atoms with E-state index in [1.807, 2.05) is 24.3 Å². The van der Waals surface area contributed by atoms with E-state index in [4.69, 9.17) is 9.47 Å². The Hall–Kier alpha value is -1.57. The molecule has 0 unspecified atom stereocenters. The molecule has 0 aromatic heterocycles. The molecule has 0 saturated heterocycles. The standard InChI is InChI=1S/C16H18BrNO4S/c1-18(2)23(19,20)15-6-4-5-14(17)16(15)22-11-12-7-9-13(21-3)10-8-12/h4-10H,11H2,1-3H3. The molecule has 0 spiro atoms. The molecule has 0 saturated carbocycles. The zero-order valence-corrected chi connectivity index (χ0v) is 15.5. The number of halogens is 1. The second kappa shape index (κ2) is 7.33. The van der Waals surface area contributed by atoms with Gasteiger partial charge < -0.3 is 9.47 Å². The number of benzene rings is 2. The van der Waals surface area contributed by atoms with Crippen molar-refractivity contribution in [1.29, 1.82) is 0 Å². The third-order valence-electron chi connectivity index (χ3n) is 3.23. The SMILES string of the molecule is COc1ccc(COc2c(Br)cccc2S(=O)(=O)N(C)C)cc1. The first-order valence-electron chi connectivity index (χ1n) is 6.83. The van der Waals surface area contributed by atoms with Crippen LogP contribution in [0.4, 0.5) is 0 Å². The van der Waals surface area contributed by atoms with Crippen molar-refractivity contribution in [2.24, 2.45) is 0 Å². The van der Waals surface area contributed by atoms with Gasteiger partial charge in [-0.1, -0.05) is 18.2 Å². The average Bonchev–Trinajstić information content (AvgIpc) is 2.53. The van der Waals surface area contributed by atoms with Crippen molar-refractivity contribution in [3.63, 3.8) is 0 Å². The van der Waals surface area contributed by atoms with E-state index in [0.717, 1.165) is 15.6 Å². The zero-order chi connectivity index (χ0) is 17.0. The summed E-state index contributed by atoms with van der Waals surface area (Å²) >= 11 is 3.36. The minimum atomic E-state index is -3.59. The van der Waals surface area contributed by atoms with E-state index < -0.39 is 10.0 Å². The van der Waals surface area contributed by atoms with E-state index in [9.17, 15) is 8.42 Å². The van der Waals surface area contributed by atoms with Gasteiger partial charge in [0.1, 0.15) is 17.3 Å². The molecule has 23 heavy (non-hydrogen) atoms. The van der Waals surface area contributed by atoms with Crippen LogP contribution in [0, 0.1) is 0 Å². The summed E-state index contributed by atoms with van der Waals surface area (Å²) in [6.07, 6.45) is 0. The quantitative estimate of drug-likeness (QED) is 0.747. The van der Waals surface area contributed by atoms with Crippen LogP contribution in [-0.4, -0.2) is 33.9 Å². The minimum absolute atomic E-state index is 0.130. The van der Waals surface area contributed by atoms with Gasteiger partial charge in [0.15, 0.2) is 5.75 Å². The molecule has 0 aliphatic carbocycles. The van der Waals surface area contributed by atoms with E-state index in [0.29, 0.717) is 10.2 Å². The molecule has 0 radical (unpaired) electrons. The summed E-state index contributed by atoms with van der Waals surface area (Å²) in [5.74, 6) is 1.06. The highest BCUT2D eigenvalue weighted by Gasteiger charge is 2.23. The molecule has 5 nitrogen and oxygen atoms in total. The lowest BCUT2D eigenvalue weighted by molar-refractivity contribution is 0.295. The van der Waals surface area contributed by atoms with Crippen LogP contribution in [0.5, 0.6) is 11.5 Å². The lowest BCUT2D eigenvalue weighted by atomic mass is 10.2. The van der Waals surface area contributed by atoms with E-state index in [1.54, 1.807) is 19.2 Å². The fourth-order valence-electron chi connectivity index (χ4n) is 1.91. The Morgan fingerprint density at radius 2 is 1.74 bits per heavy atom. The molecule has 0 fully saturated rings. The average molecular weight is 400 g/mol. The number of rotatable bonds is 6. The molecule has 0 atom stereocenters. The van der Waals surface area contributed by atoms with Gasteiger partial charge in [0.25, 0.3) is 0 Å². The van der Waals surface area contributed by atoms with Crippen molar-refractivity contribution in [1.82, 2.24) is 4.31 Å². The third-order valence-corrected chi connectivity index (χ3v) is 5.69. The summed E-state index contributed by atoms with van der Waals surface area (Å²) in [7, 11) is 0.995. The first-order valence-corrected chi connectivity index (χ1v) is 9.06. The highest BCUT2D eigenvalue weighted by atomic mass is 79.9. The van der Waals surface area contributed by atoms with Crippen molar-refractivity contribution in [2.45, 2.75) is 11.5 Å². The van der Waals surface area contributed by atoms with Crippen LogP contribution < -0.4 is 9.47 Å². The van der Waals surface area contributed by atoms with E-state index in [1.165, 1.54) is 20.2 Å². The van der Waals surface area contributed by atoms with E-state index in [-0.39, 0.29) is 11.5 Å². The normalized spacial score (nSPS) is 11.5. The van der Waals surface area contributed by atoms with Crippen LogP contribution in [-0.2, 0) is 16.6 Å². The number of hydrogen-bond donors (Lipinski definition) is 0. The Morgan fingerprint density at radius 3 is 2.30 bits per heavy atom. The molecule has 2 aromatic rings. The van der Waals surface area contributed by atoms with Gasteiger partial charge >= 0.3 is 0 Å². The minimum Gasteiger partial charge on any atom is -0.497 e. The number of methoxy groups -OCH3 is 1. The third kappa shape index (κ3) is 4.04. The Bertz CT molecular complexity index is 773. The smallest absolute Gasteiger partial charge is 0.246 e. The van der Waals surface area contributed by atoms with E-state index >= 15 is 0 Å². The summed E-state index contributed by atoms with van der Waals surface area (Å²) < 4.78 is 37.4. The number of hydrogen-bond acceptors (Lipinski definition) is 4. The molecule has 0 aliphatic heterocycles. The van der Waals surface area contributed by atoms with Gasteiger partial charge in [-0.3, -0.25) is 0 Å². The second-order valence-electron chi connectivity index (χ2n) is 4.99. The lowest BCUT2D eigenvalue weighted by Crippen LogP contribution is -2.23. The van der Waals surface area contributed by atoms with Crippen molar-refractivity contribution >= 4 is 26.0 Å². The van der Waals surface area contributed by atoms with Gasteiger partial charge in [-0.05, 0) is 45.8 Å². The Balaban J connectivity index is 2.29. The van der Waals surface area contributed by atoms with Crippen molar-refractivity contribution in [2.75, 3.05) is 21.2 Å². The maximum atomic E-state index is 12.4. The van der Waals surface area contributed by atoms with Gasteiger partial charge in [-0.25, -0.2) is 12.7 Å². The predicted molar refractivity (Wildman–Crippen MR) is 92.3 cm³/mol. The van der Waals surface area contributed by atoms with Gasteiger partial charge in [-0.15, -0.1) is 0 Å². The molecule has 2 rings (SSSR count). The maximum Gasteiger partial charge on any atom is 0.246 e. The number of ether oxygens (including phenoxy) is 2. The summed E-state index contributed by atoms with van der Waals surface area (Å²) in [4.78, 5) is 0.130. The van der Waals surface area contributed by atoms with Gasteiger partial charge in [0.05, 0.1) is 11.6 Å². The summed E-state index contributed by atoms with van der Waals surface area (Å²) in [6, 6.07) is 12.3. The van der Waals surface area contributed by atoms with Gasteiger partial charge in [0, 0.05) is 14.1 Å². The molecule has 0 aliphatic rings. The second-order valence-corrected chi connectivity index (χ2v) is 7.97. The monoisotopic (exact) mass is 399 g/mol. The molecular weight excluding hydrogens is 382 g/mol. The first kappa shape index (κ1) is 17.8. The molecule has 0 amide bonds. The maximum absolute atomic E-state index is 12.4. The molecule has 0 heterocycles. The van der Waals surface area contributed by atoms with Gasteiger partial charge in [0.2, 0.25) is 10.0 Å².